The van der Waals surface area contributed by atoms with Crippen molar-refractivity contribution in [1.29, 1.82) is 0 Å². The van der Waals surface area contributed by atoms with Crippen LogP contribution in [0.15, 0.2) is 54.1 Å². The predicted molar refractivity (Wildman–Crippen MR) is 103 cm³/mol. The molecule has 0 saturated heterocycles. The molecule has 0 spiro atoms. The van der Waals surface area contributed by atoms with Gasteiger partial charge in [0.2, 0.25) is 15.9 Å². The van der Waals surface area contributed by atoms with E-state index in [2.05, 4.69) is 9.71 Å². The molecule has 1 fully saturated rings. The van der Waals surface area contributed by atoms with Crippen molar-refractivity contribution in [3.63, 3.8) is 0 Å². The first-order chi connectivity index (χ1) is 12.5. The van der Waals surface area contributed by atoms with Crippen LogP contribution in [0.5, 0.6) is 5.88 Å². The van der Waals surface area contributed by atoms with Crippen LogP contribution in [0.3, 0.4) is 0 Å². The summed E-state index contributed by atoms with van der Waals surface area (Å²) in [5, 5.41) is 1.24. The molecule has 5 nitrogen and oxygen atoms in total. The zero-order chi connectivity index (χ0) is 18.4. The second-order valence-corrected chi connectivity index (χ2v) is 8.24. The summed E-state index contributed by atoms with van der Waals surface area (Å²) < 4.78 is 33.1. The highest BCUT2D eigenvalue weighted by molar-refractivity contribution is 7.92. The van der Waals surface area contributed by atoms with Crippen LogP contribution < -0.4 is 9.46 Å². The molecule has 138 valence electrons. The minimum absolute atomic E-state index is 0.0498. The SMILES string of the molecule is Cc1ccc(OC2CCC(NS(=O)(=O)/C=C/c3ccccc3)CC2)nc1. The Morgan fingerprint density at radius 3 is 2.46 bits per heavy atom. The van der Waals surface area contributed by atoms with Crippen LogP contribution in [0, 0.1) is 6.92 Å². The van der Waals surface area contributed by atoms with Crippen molar-refractivity contribution in [2.24, 2.45) is 0 Å². The molecule has 1 aliphatic carbocycles. The van der Waals surface area contributed by atoms with Gasteiger partial charge in [-0.1, -0.05) is 36.4 Å². The fourth-order valence-corrected chi connectivity index (χ4v) is 4.11. The van der Waals surface area contributed by atoms with Crippen LogP contribution in [0.1, 0.15) is 36.8 Å². The highest BCUT2D eigenvalue weighted by atomic mass is 32.2. The van der Waals surface area contributed by atoms with E-state index in [4.69, 9.17) is 4.74 Å². The summed E-state index contributed by atoms with van der Waals surface area (Å²) in [5.74, 6) is 0.630. The maximum atomic E-state index is 12.2. The van der Waals surface area contributed by atoms with Crippen LogP contribution in [0.25, 0.3) is 6.08 Å². The van der Waals surface area contributed by atoms with Crippen molar-refractivity contribution in [3.05, 3.63) is 65.2 Å². The van der Waals surface area contributed by atoms with Crippen molar-refractivity contribution in [2.75, 3.05) is 0 Å². The minimum atomic E-state index is -3.44. The van der Waals surface area contributed by atoms with E-state index >= 15 is 0 Å². The largest absolute Gasteiger partial charge is 0.474 e. The number of nitrogens with zero attached hydrogens (tertiary/aromatic N) is 1. The van der Waals surface area contributed by atoms with Crippen LogP contribution in [-0.4, -0.2) is 25.5 Å². The lowest BCUT2D eigenvalue weighted by molar-refractivity contribution is 0.138. The van der Waals surface area contributed by atoms with Gasteiger partial charge in [-0.3, -0.25) is 0 Å². The van der Waals surface area contributed by atoms with Gasteiger partial charge in [0.1, 0.15) is 6.10 Å². The number of nitrogens with one attached hydrogen (secondary N) is 1. The van der Waals surface area contributed by atoms with Crippen molar-refractivity contribution in [3.8, 4) is 5.88 Å². The first-order valence-electron chi connectivity index (χ1n) is 8.85. The van der Waals surface area contributed by atoms with E-state index in [0.717, 1.165) is 36.8 Å². The monoisotopic (exact) mass is 372 g/mol. The summed E-state index contributed by atoms with van der Waals surface area (Å²) >= 11 is 0. The summed E-state index contributed by atoms with van der Waals surface area (Å²) in [7, 11) is -3.44. The van der Waals surface area contributed by atoms with E-state index in [-0.39, 0.29) is 12.1 Å². The molecular formula is C20H24N2O3S. The van der Waals surface area contributed by atoms with E-state index < -0.39 is 10.0 Å². The lowest BCUT2D eigenvalue weighted by Crippen LogP contribution is -2.38. The molecular weight excluding hydrogens is 348 g/mol. The number of hydrogen-bond acceptors (Lipinski definition) is 4. The van der Waals surface area contributed by atoms with E-state index in [1.54, 1.807) is 12.3 Å². The van der Waals surface area contributed by atoms with Crippen LogP contribution in [0.4, 0.5) is 0 Å². The van der Waals surface area contributed by atoms with Gasteiger partial charge in [0, 0.05) is 23.7 Å². The van der Waals surface area contributed by atoms with E-state index in [1.165, 1.54) is 5.41 Å². The summed E-state index contributed by atoms with van der Waals surface area (Å²) in [6.07, 6.45) is 6.62. The average Bonchev–Trinajstić information content (AvgIpc) is 2.64. The average molecular weight is 372 g/mol. The molecule has 1 saturated carbocycles. The molecule has 3 rings (SSSR count). The molecule has 0 amide bonds. The Hall–Kier alpha value is -2.18. The number of benzene rings is 1. The van der Waals surface area contributed by atoms with Crippen molar-refractivity contribution < 1.29 is 13.2 Å². The van der Waals surface area contributed by atoms with Gasteiger partial charge < -0.3 is 4.74 Å². The summed E-state index contributed by atoms with van der Waals surface area (Å²) in [4.78, 5) is 4.26. The highest BCUT2D eigenvalue weighted by Crippen LogP contribution is 2.23. The van der Waals surface area contributed by atoms with E-state index in [1.807, 2.05) is 49.4 Å². The Bertz CT molecular complexity index is 825. The van der Waals surface area contributed by atoms with Crippen LogP contribution in [-0.2, 0) is 10.0 Å². The fraction of sp³-hybridized carbons (Fsp3) is 0.350. The standard InChI is InChI=1S/C20H24N2O3S/c1-16-7-12-20(21-15-16)25-19-10-8-18(9-11-19)22-26(23,24)14-13-17-5-3-2-4-6-17/h2-7,12-15,18-19,22H,8-11H2,1H3/b14-13+. The molecule has 0 atom stereocenters. The Morgan fingerprint density at radius 2 is 1.81 bits per heavy atom. The Labute approximate surface area is 155 Å². The number of aryl methyl sites for hydroxylation is 1. The van der Waals surface area contributed by atoms with Gasteiger partial charge in [0.15, 0.2) is 0 Å². The molecule has 2 aromatic rings. The maximum absolute atomic E-state index is 12.2. The summed E-state index contributed by atoms with van der Waals surface area (Å²) in [6, 6.07) is 13.2. The quantitative estimate of drug-likeness (QED) is 0.840. The number of hydrogen-bond donors (Lipinski definition) is 1. The van der Waals surface area contributed by atoms with Gasteiger partial charge >= 0.3 is 0 Å². The molecule has 1 heterocycles. The lowest BCUT2D eigenvalue weighted by atomic mass is 9.94. The highest BCUT2D eigenvalue weighted by Gasteiger charge is 2.25. The van der Waals surface area contributed by atoms with Gasteiger partial charge in [-0.05, 0) is 49.8 Å². The predicted octanol–water partition coefficient (Wildman–Crippen LogP) is 3.67. The smallest absolute Gasteiger partial charge is 0.233 e. The van der Waals surface area contributed by atoms with Crippen molar-refractivity contribution >= 4 is 16.1 Å². The van der Waals surface area contributed by atoms with E-state index in [0.29, 0.717) is 5.88 Å². The maximum Gasteiger partial charge on any atom is 0.233 e. The first kappa shape index (κ1) is 18.6. The van der Waals surface area contributed by atoms with Gasteiger partial charge in [-0.2, -0.15) is 0 Å². The van der Waals surface area contributed by atoms with Gasteiger partial charge in [-0.15, -0.1) is 0 Å². The van der Waals surface area contributed by atoms with Gasteiger partial charge in [-0.25, -0.2) is 18.1 Å². The first-order valence-corrected chi connectivity index (χ1v) is 10.4. The summed E-state index contributed by atoms with van der Waals surface area (Å²) in [5.41, 5.74) is 1.96. The molecule has 0 radical (unpaired) electrons. The second-order valence-electron chi connectivity index (χ2n) is 6.64. The van der Waals surface area contributed by atoms with Gasteiger partial charge in [0.25, 0.3) is 0 Å². The van der Waals surface area contributed by atoms with Crippen LogP contribution in [0.2, 0.25) is 0 Å². The lowest BCUT2D eigenvalue weighted by Gasteiger charge is -2.28. The summed E-state index contributed by atoms with van der Waals surface area (Å²) in [6.45, 7) is 1.99. The Balaban J connectivity index is 1.48. The van der Waals surface area contributed by atoms with E-state index in [9.17, 15) is 8.42 Å². The fourth-order valence-electron chi connectivity index (χ4n) is 3.00. The molecule has 6 heteroatoms. The number of aromatic nitrogens is 1. The molecule has 1 N–H and O–H groups in total. The number of pyridine rings is 1. The second kappa shape index (κ2) is 8.47. The van der Waals surface area contributed by atoms with Crippen LogP contribution >= 0.6 is 0 Å². The normalized spacial score (nSPS) is 21.0. The zero-order valence-electron chi connectivity index (χ0n) is 14.8. The Kier molecular flexibility index (Phi) is 6.06. The molecule has 1 aromatic carbocycles. The topological polar surface area (TPSA) is 68.3 Å². The molecule has 1 aromatic heterocycles. The van der Waals surface area contributed by atoms with Gasteiger partial charge in [0.05, 0.1) is 0 Å². The third-order valence-electron chi connectivity index (χ3n) is 4.42. The molecule has 0 unspecified atom stereocenters. The molecule has 26 heavy (non-hydrogen) atoms. The third kappa shape index (κ3) is 5.68. The Morgan fingerprint density at radius 1 is 1.08 bits per heavy atom. The third-order valence-corrected chi connectivity index (χ3v) is 5.57. The zero-order valence-corrected chi connectivity index (χ0v) is 15.7. The number of sulfonamides is 1. The van der Waals surface area contributed by atoms with Crippen molar-refractivity contribution in [1.82, 2.24) is 9.71 Å². The molecule has 0 bridgehead atoms. The molecule has 0 aliphatic heterocycles. The number of ether oxygens (including phenoxy) is 1. The number of rotatable bonds is 6. The minimum Gasteiger partial charge on any atom is -0.474 e. The molecule has 1 aliphatic rings. The van der Waals surface area contributed by atoms with Crippen molar-refractivity contribution in [2.45, 2.75) is 44.8 Å².